The summed E-state index contributed by atoms with van der Waals surface area (Å²) in [6, 6.07) is 1.12. The lowest BCUT2D eigenvalue weighted by Crippen LogP contribution is -2.45. The molecule has 2 aromatic rings. The maximum Gasteiger partial charge on any atom is 0.351 e. The number of halogens is 1. The average Bonchev–Trinajstić information content (AvgIpc) is 3.28. The van der Waals surface area contributed by atoms with Crippen LogP contribution in [0.4, 0.5) is 10.2 Å². The van der Waals surface area contributed by atoms with Gasteiger partial charge in [0, 0.05) is 25.2 Å². The van der Waals surface area contributed by atoms with Gasteiger partial charge in [0.2, 0.25) is 0 Å². The highest BCUT2D eigenvalue weighted by atomic mass is 19.1. The van der Waals surface area contributed by atoms with Gasteiger partial charge < -0.3 is 16.5 Å². The molecule has 3 heterocycles. The van der Waals surface area contributed by atoms with Gasteiger partial charge in [0.15, 0.2) is 17.3 Å². The van der Waals surface area contributed by atoms with Crippen LogP contribution in [0.5, 0.6) is 0 Å². The van der Waals surface area contributed by atoms with E-state index in [0.29, 0.717) is 17.8 Å². The van der Waals surface area contributed by atoms with Gasteiger partial charge in [0.1, 0.15) is 0 Å². The Labute approximate surface area is 142 Å². The van der Waals surface area contributed by atoms with Crippen LogP contribution >= 0.6 is 0 Å². The molecule has 2 aromatic heterocycles. The van der Waals surface area contributed by atoms with Gasteiger partial charge in [-0.3, -0.25) is 9.36 Å². The first-order valence-electron chi connectivity index (χ1n) is 8.52. The van der Waals surface area contributed by atoms with Crippen molar-refractivity contribution in [3.8, 4) is 0 Å². The largest absolute Gasteiger partial charge is 0.354 e. The number of hydrogen-bond acceptors (Lipinski definition) is 6. The fourth-order valence-corrected chi connectivity index (χ4v) is 3.53. The van der Waals surface area contributed by atoms with Gasteiger partial charge in [0.05, 0.1) is 5.39 Å². The van der Waals surface area contributed by atoms with Crippen molar-refractivity contribution in [3.63, 3.8) is 0 Å². The second-order valence-electron chi connectivity index (χ2n) is 7.08. The third-order valence-electron chi connectivity index (χ3n) is 5.21. The summed E-state index contributed by atoms with van der Waals surface area (Å²) < 4.78 is 16.6. The van der Waals surface area contributed by atoms with Crippen molar-refractivity contribution >= 4 is 16.9 Å². The molecule has 25 heavy (non-hydrogen) atoms. The maximum atomic E-state index is 14.6. The van der Waals surface area contributed by atoms with E-state index >= 15 is 0 Å². The normalized spacial score (nSPS) is 21.9. The minimum absolute atomic E-state index is 0.0163. The topological polar surface area (TPSA) is 112 Å². The summed E-state index contributed by atoms with van der Waals surface area (Å²) in [5, 5.41) is 0.0261. The van der Waals surface area contributed by atoms with Gasteiger partial charge in [-0.05, 0) is 38.2 Å². The fraction of sp³-hybridized carbons (Fsp3) is 0.562. The van der Waals surface area contributed by atoms with Gasteiger partial charge in [-0.25, -0.2) is 14.2 Å². The Morgan fingerprint density at radius 1 is 1.32 bits per heavy atom. The van der Waals surface area contributed by atoms with Gasteiger partial charge in [-0.15, -0.1) is 0 Å². The summed E-state index contributed by atoms with van der Waals surface area (Å²) in [6.45, 7) is 3.19. The monoisotopic (exact) mass is 348 g/mol. The molecule has 0 bridgehead atoms. The van der Waals surface area contributed by atoms with Crippen LogP contribution in [0.3, 0.4) is 0 Å². The number of fused-ring (bicyclic) bond motifs is 1. The maximum absolute atomic E-state index is 14.6. The molecule has 0 unspecified atom stereocenters. The van der Waals surface area contributed by atoms with Crippen LogP contribution in [0, 0.1) is 11.7 Å². The molecule has 9 heteroatoms. The number of anilines is 1. The Kier molecular flexibility index (Phi) is 3.57. The highest BCUT2D eigenvalue weighted by Crippen LogP contribution is 2.35. The first-order chi connectivity index (χ1) is 11.9. The molecule has 4 rings (SSSR count). The minimum Gasteiger partial charge on any atom is -0.354 e. The van der Waals surface area contributed by atoms with Crippen LogP contribution in [0.15, 0.2) is 15.7 Å². The van der Waals surface area contributed by atoms with Crippen molar-refractivity contribution in [3.05, 3.63) is 32.7 Å². The number of rotatable bonds is 3. The first kappa shape index (κ1) is 16.1. The number of pyridine rings is 1. The third-order valence-corrected chi connectivity index (χ3v) is 5.21. The highest BCUT2D eigenvalue weighted by Gasteiger charge is 2.32. The van der Waals surface area contributed by atoms with Gasteiger partial charge in [-0.2, -0.15) is 4.68 Å². The Bertz CT molecular complexity index is 962. The van der Waals surface area contributed by atoms with E-state index in [1.807, 2.05) is 11.8 Å². The molecule has 2 aliphatic rings. The highest BCUT2D eigenvalue weighted by molar-refractivity contribution is 5.77. The van der Waals surface area contributed by atoms with E-state index in [4.69, 9.17) is 11.6 Å². The van der Waals surface area contributed by atoms with E-state index in [9.17, 15) is 14.0 Å². The second kappa shape index (κ2) is 5.55. The lowest BCUT2D eigenvalue weighted by Gasteiger charge is -2.20. The molecule has 2 atom stereocenters. The van der Waals surface area contributed by atoms with E-state index in [1.54, 1.807) is 0 Å². The molecule has 1 saturated carbocycles. The van der Waals surface area contributed by atoms with Crippen LogP contribution in [0.25, 0.3) is 11.0 Å². The smallest absolute Gasteiger partial charge is 0.351 e. The zero-order valence-electron chi connectivity index (χ0n) is 14.0. The van der Waals surface area contributed by atoms with Crippen LogP contribution < -0.4 is 27.7 Å². The molecule has 2 fully saturated rings. The number of hydrogen-bond donors (Lipinski definition) is 2. The lowest BCUT2D eigenvalue weighted by molar-refractivity contribution is 0.487. The molecule has 8 nitrogen and oxygen atoms in total. The molecular weight excluding hydrogens is 327 g/mol. The Morgan fingerprint density at radius 2 is 2.04 bits per heavy atom. The number of aromatic nitrogens is 3. The SMILES string of the molecule is C[C@H](N)[C@@H]1CCN(c2nc3c(cc2F)c(=O)n(N)c(=O)n3C2CC2)C1. The van der Waals surface area contributed by atoms with Crippen LogP contribution in [0.1, 0.15) is 32.2 Å². The van der Waals surface area contributed by atoms with Gasteiger partial charge in [0.25, 0.3) is 5.56 Å². The van der Waals surface area contributed by atoms with Crippen molar-refractivity contribution in [1.82, 2.24) is 14.2 Å². The van der Waals surface area contributed by atoms with Crippen molar-refractivity contribution < 1.29 is 4.39 Å². The van der Waals surface area contributed by atoms with Crippen LogP contribution in [-0.4, -0.2) is 33.4 Å². The average molecular weight is 348 g/mol. The zero-order chi connectivity index (χ0) is 17.9. The van der Waals surface area contributed by atoms with E-state index in [-0.39, 0.29) is 34.9 Å². The molecule has 0 aromatic carbocycles. The van der Waals surface area contributed by atoms with Crippen LogP contribution in [-0.2, 0) is 0 Å². The number of nitrogens with two attached hydrogens (primary N) is 2. The summed E-state index contributed by atoms with van der Waals surface area (Å²) in [4.78, 5) is 30.8. The number of nitrogens with zero attached hydrogens (tertiary/aromatic N) is 4. The van der Waals surface area contributed by atoms with Gasteiger partial charge >= 0.3 is 5.69 Å². The molecular formula is C16H21FN6O2. The zero-order valence-corrected chi connectivity index (χ0v) is 14.0. The van der Waals surface area contributed by atoms with E-state index in [2.05, 4.69) is 4.98 Å². The molecule has 0 amide bonds. The van der Waals surface area contributed by atoms with Crippen molar-refractivity contribution in [1.29, 1.82) is 0 Å². The Balaban J connectivity index is 1.89. The molecule has 4 N–H and O–H groups in total. The standard InChI is InChI=1S/C16H21FN6O2/c1-8(18)9-4-5-21(7-9)14-12(17)6-11-13(20-14)22(10-2-3-10)16(25)23(19)15(11)24/h6,8-10H,2-5,7,18-19H2,1H3/t8-,9+/m0/s1. The summed E-state index contributed by atoms with van der Waals surface area (Å²) in [6.07, 6.45) is 2.49. The van der Waals surface area contributed by atoms with Crippen molar-refractivity contribution in [2.45, 2.75) is 38.3 Å². The van der Waals surface area contributed by atoms with E-state index in [1.165, 1.54) is 4.57 Å². The fourth-order valence-electron chi connectivity index (χ4n) is 3.53. The molecule has 0 radical (unpaired) electrons. The Hall–Kier alpha value is -2.42. The Morgan fingerprint density at radius 3 is 2.64 bits per heavy atom. The molecule has 1 aliphatic heterocycles. The third kappa shape index (κ3) is 2.50. The molecule has 1 aliphatic carbocycles. The molecule has 134 valence electrons. The second-order valence-corrected chi connectivity index (χ2v) is 7.08. The van der Waals surface area contributed by atoms with E-state index < -0.39 is 17.1 Å². The number of nitrogen functional groups attached to an aromatic ring is 1. The summed E-state index contributed by atoms with van der Waals surface area (Å²) in [5.74, 6) is 5.41. The lowest BCUT2D eigenvalue weighted by atomic mass is 10.0. The molecule has 1 saturated heterocycles. The summed E-state index contributed by atoms with van der Waals surface area (Å²) in [5.41, 5.74) is 4.82. The van der Waals surface area contributed by atoms with Crippen molar-refractivity contribution in [2.75, 3.05) is 23.8 Å². The van der Waals surface area contributed by atoms with Gasteiger partial charge in [-0.1, -0.05) is 0 Å². The quantitative estimate of drug-likeness (QED) is 0.750. The predicted molar refractivity (Wildman–Crippen MR) is 92.6 cm³/mol. The molecule has 0 spiro atoms. The van der Waals surface area contributed by atoms with E-state index in [0.717, 1.165) is 25.3 Å². The minimum atomic E-state index is -0.732. The summed E-state index contributed by atoms with van der Waals surface area (Å²) in [7, 11) is 0. The predicted octanol–water partition coefficient (Wildman–Crippen LogP) is -0.0805. The van der Waals surface area contributed by atoms with Crippen molar-refractivity contribution in [2.24, 2.45) is 11.7 Å². The summed E-state index contributed by atoms with van der Waals surface area (Å²) >= 11 is 0. The van der Waals surface area contributed by atoms with Crippen LogP contribution in [0.2, 0.25) is 0 Å². The first-order valence-corrected chi connectivity index (χ1v) is 8.52.